The quantitative estimate of drug-likeness (QED) is 0.263. The Morgan fingerprint density at radius 1 is 0.429 bits per heavy atom. The van der Waals surface area contributed by atoms with Crippen LogP contribution in [0, 0.1) is 58.2 Å². The van der Waals surface area contributed by atoms with Crippen molar-refractivity contribution in [2.24, 2.45) is 0 Å². The van der Waals surface area contributed by atoms with E-state index in [2.05, 4.69) is 0 Å². The van der Waals surface area contributed by atoms with Gasteiger partial charge in [0.2, 0.25) is 11.6 Å². The van der Waals surface area contributed by atoms with Crippen molar-refractivity contribution in [1.82, 2.24) is 10.9 Å². The van der Waals surface area contributed by atoms with Crippen LogP contribution in [0.5, 0.6) is 0 Å². The van der Waals surface area contributed by atoms with Crippen molar-refractivity contribution in [1.29, 1.82) is 0 Å². The summed E-state index contributed by atoms with van der Waals surface area (Å²) in [5, 5.41) is 0. The molecular weight excluding hydrogens is 418 g/mol. The largest absolute Gasteiger partial charge is 0.352 e. The van der Waals surface area contributed by atoms with E-state index in [9.17, 15) is 48.7 Å². The Morgan fingerprint density at radius 3 is 0.893 bits per heavy atom. The molecular formula is C13H4F10N4O. The fourth-order valence-corrected chi connectivity index (χ4v) is 1.70. The van der Waals surface area contributed by atoms with Gasteiger partial charge in [0.15, 0.2) is 46.5 Å². The third-order valence-corrected chi connectivity index (χ3v) is 3.02. The molecule has 0 saturated carbocycles. The molecule has 2 aromatic carbocycles. The number of amides is 2. The average Bonchev–Trinajstić information content (AvgIpc) is 2.67. The van der Waals surface area contributed by atoms with E-state index in [0.717, 1.165) is 0 Å². The minimum Gasteiger partial charge on any atom is -0.291 e. The van der Waals surface area contributed by atoms with Crippen LogP contribution in [0.15, 0.2) is 0 Å². The van der Waals surface area contributed by atoms with Crippen LogP contribution in [0.1, 0.15) is 0 Å². The van der Waals surface area contributed by atoms with Gasteiger partial charge < -0.3 is 0 Å². The lowest BCUT2D eigenvalue weighted by Gasteiger charge is -2.14. The highest BCUT2D eigenvalue weighted by Crippen LogP contribution is 2.27. The Hall–Kier alpha value is -3.39. The summed E-state index contributed by atoms with van der Waals surface area (Å²) in [5.41, 5.74) is 1.80. The van der Waals surface area contributed by atoms with Crippen molar-refractivity contribution >= 4 is 17.4 Å². The molecule has 0 aromatic heterocycles. The lowest BCUT2D eigenvalue weighted by Crippen LogP contribution is -2.42. The minimum absolute atomic E-state index is 1.29. The number of hydrazine groups is 2. The number of nitrogens with one attached hydrogen (secondary N) is 4. The molecule has 152 valence electrons. The Kier molecular flexibility index (Phi) is 5.75. The van der Waals surface area contributed by atoms with Gasteiger partial charge in [-0.05, 0) is 0 Å². The lowest BCUT2D eigenvalue weighted by atomic mass is 10.2. The molecule has 2 amide bonds. The first-order valence-corrected chi connectivity index (χ1v) is 6.59. The standard InChI is InChI=1S/C13H4F10N4O/c14-1-3(16)7(20)11(8(21)4(1)17)24-26-13(28)27-25-12-9(22)5(18)2(15)6(19)10(12)23/h24-25H,(H2,26,27,28). The van der Waals surface area contributed by atoms with Crippen LogP contribution in [-0.4, -0.2) is 6.03 Å². The molecule has 0 spiro atoms. The van der Waals surface area contributed by atoms with E-state index in [-0.39, 0.29) is 0 Å². The third kappa shape index (κ3) is 3.54. The van der Waals surface area contributed by atoms with Gasteiger partial charge in [-0.15, -0.1) is 0 Å². The Bertz CT molecular complexity index is 834. The molecule has 2 rings (SSSR count). The summed E-state index contributed by atoms with van der Waals surface area (Å²) in [6.07, 6.45) is 0. The first-order valence-electron chi connectivity index (χ1n) is 6.59. The molecule has 0 heterocycles. The van der Waals surface area contributed by atoms with Crippen molar-refractivity contribution in [2.45, 2.75) is 0 Å². The van der Waals surface area contributed by atoms with Crippen molar-refractivity contribution in [3.05, 3.63) is 58.2 Å². The van der Waals surface area contributed by atoms with Crippen LogP contribution in [-0.2, 0) is 0 Å². The van der Waals surface area contributed by atoms with Gasteiger partial charge in [0.25, 0.3) is 0 Å². The molecule has 0 saturated heterocycles. The molecule has 15 heteroatoms. The fourth-order valence-electron chi connectivity index (χ4n) is 1.70. The Labute approximate surface area is 147 Å². The van der Waals surface area contributed by atoms with Crippen LogP contribution in [0.2, 0.25) is 0 Å². The molecule has 4 N–H and O–H groups in total. The second-order valence-corrected chi connectivity index (χ2v) is 4.72. The minimum atomic E-state index is -2.47. The van der Waals surface area contributed by atoms with Crippen molar-refractivity contribution in [3.63, 3.8) is 0 Å². The van der Waals surface area contributed by atoms with Crippen LogP contribution < -0.4 is 21.7 Å². The van der Waals surface area contributed by atoms with Gasteiger partial charge in [-0.3, -0.25) is 10.9 Å². The molecule has 0 radical (unpaired) electrons. The predicted molar refractivity (Wildman–Crippen MR) is 71.4 cm³/mol. The summed E-state index contributed by atoms with van der Waals surface area (Å²) in [6, 6.07) is -1.69. The molecule has 2 aromatic rings. The van der Waals surface area contributed by atoms with Gasteiger partial charge in [-0.1, -0.05) is 0 Å². The lowest BCUT2D eigenvalue weighted by molar-refractivity contribution is 0.244. The second-order valence-electron chi connectivity index (χ2n) is 4.72. The Balaban J connectivity index is 2.12. The zero-order valence-electron chi connectivity index (χ0n) is 12.7. The normalized spacial score (nSPS) is 10.6. The average molecular weight is 422 g/mol. The number of anilines is 2. The number of carbonyl (C=O) groups is 1. The van der Waals surface area contributed by atoms with E-state index < -0.39 is 75.6 Å². The van der Waals surface area contributed by atoms with E-state index in [1.165, 1.54) is 21.7 Å². The number of urea groups is 1. The van der Waals surface area contributed by atoms with Crippen LogP contribution in [0.4, 0.5) is 60.1 Å². The van der Waals surface area contributed by atoms with E-state index in [1.54, 1.807) is 0 Å². The van der Waals surface area contributed by atoms with E-state index in [0.29, 0.717) is 0 Å². The van der Waals surface area contributed by atoms with Gasteiger partial charge in [-0.25, -0.2) is 59.6 Å². The molecule has 0 bridgehead atoms. The van der Waals surface area contributed by atoms with Crippen LogP contribution >= 0.6 is 0 Å². The molecule has 0 fully saturated rings. The van der Waals surface area contributed by atoms with Gasteiger partial charge >= 0.3 is 6.03 Å². The smallest absolute Gasteiger partial charge is 0.291 e. The van der Waals surface area contributed by atoms with Gasteiger partial charge in [0.1, 0.15) is 11.4 Å². The number of halogens is 10. The van der Waals surface area contributed by atoms with Gasteiger partial charge in [0, 0.05) is 0 Å². The molecule has 0 aliphatic heterocycles. The summed E-state index contributed by atoms with van der Waals surface area (Å²) in [4.78, 5) is 11.3. The maximum Gasteiger partial charge on any atom is 0.352 e. The number of hydrogen-bond donors (Lipinski definition) is 4. The number of benzene rings is 2. The van der Waals surface area contributed by atoms with E-state index in [4.69, 9.17) is 0 Å². The summed E-state index contributed by atoms with van der Waals surface area (Å²) in [5.74, 6) is -23.8. The van der Waals surface area contributed by atoms with E-state index >= 15 is 0 Å². The second kappa shape index (κ2) is 7.69. The van der Waals surface area contributed by atoms with E-state index in [1.807, 2.05) is 0 Å². The zero-order chi connectivity index (χ0) is 21.3. The first kappa shape index (κ1) is 20.9. The maximum atomic E-state index is 13.3. The summed E-state index contributed by atoms with van der Waals surface area (Å²) >= 11 is 0. The van der Waals surface area contributed by atoms with Crippen LogP contribution in [0.3, 0.4) is 0 Å². The highest BCUT2D eigenvalue weighted by Gasteiger charge is 2.27. The Morgan fingerprint density at radius 2 is 0.643 bits per heavy atom. The molecule has 0 atom stereocenters. The molecule has 0 aliphatic carbocycles. The summed E-state index contributed by atoms with van der Waals surface area (Å²) in [6.45, 7) is 0. The maximum absolute atomic E-state index is 13.3. The molecule has 0 unspecified atom stereocenters. The highest BCUT2D eigenvalue weighted by atomic mass is 19.2. The van der Waals surface area contributed by atoms with Crippen molar-refractivity contribution in [3.8, 4) is 0 Å². The number of carbonyl (C=O) groups excluding carboxylic acids is 1. The monoisotopic (exact) mass is 422 g/mol. The molecule has 28 heavy (non-hydrogen) atoms. The molecule has 5 nitrogen and oxygen atoms in total. The first-order chi connectivity index (χ1) is 13.0. The van der Waals surface area contributed by atoms with Crippen molar-refractivity contribution in [2.75, 3.05) is 10.9 Å². The summed E-state index contributed by atoms with van der Waals surface area (Å²) in [7, 11) is 0. The van der Waals surface area contributed by atoms with Crippen molar-refractivity contribution < 1.29 is 48.7 Å². The predicted octanol–water partition coefficient (Wildman–Crippen LogP) is 3.73. The topological polar surface area (TPSA) is 65.2 Å². The van der Waals surface area contributed by atoms with Crippen LogP contribution in [0.25, 0.3) is 0 Å². The van der Waals surface area contributed by atoms with Gasteiger partial charge in [0.05, 0.1) is 0 Å². The SMILES string of the molecule is O=C(NNc1c(F)c(F)c(F)c(F)c1F)NNc1c(F)c(F)c(F)c(F)c1F. The zero-order valence-corrected chi connectivity index (χ0v) is 12.7. The third-order valence-electron chi connectivity index (χ3n) is 3.02. The molecule has 0 aliphatic rings. The fraction of sp³-hybridized carbons (Fsp3) is 0. The highest BCUT2D eigenvalue weighted by molar-refractivity contribution is 5.77. The van der Waals surface area contributed by atoms with Gasteiger partial charge in [-0.2, -0.15) is 0 Å². The summed E-state index contributed by atoms with van der Waals surface area (Å²) < 4.78 is 131. The number of rotatable bonds is 4. The number of hydrogen-bond acceptors (Lipinski definition) is 3.